The maximum Gasteiger partial charge on any atom is 0.263 e. The first kappa shape index (κ1) is 19.4. The predicted octanol–water partition coefficient (Wildman–Crippen LogP) is 4.42. The molecule has 3 rings (SSSR count). The molecule has 0 aliphatic heterocycles. The summed E-state index contributed by atoms with van der Waals surface area (Å²) in [5, 5.41) is 12.3. The van der Waals surface area contributed by atoms with Crippen LogP contribution in [0.25, 0.3) is 0 Å². The summed E-state index contributed by atoms with van der Waals surface area (Å²) in [4.78, 5) is 4.45. The highest BCUT2D eigenvalue weighted by atomic mass is 32.2. The Morgan fingerprint density at radius 3 is 2.29 bits per heavy atom. The Morgan fingerprint density at radius 1 is 1.00 bits per heavy atom. The number of nitriles is 1. The summed E-state index contributed by atoms with van der Waals surface area (Å²) in [5.41, 5.74) is 4.21. The first-order valence-corrected chi connectivity index (χ1v) is 10.1. The Kier molecular flexibility index (Phi) is 5.34. The molecular weight excluding hydrogens is 372 g/mol. The van der Waals surface area contributed by atoms with Crippen molar-refractivity contribution in [3.05, 3.63) is 77.0 Å². The van der Waals surface area contributed by atoms with Gasteiger partial charge in [0.05, 0.1) is 28.0 Å². The number of hydrogen-bond donors (Lipinski definition) is 2. The van der Waals surface area contributed by atoms with Crippen LogP contribution in [0.15, 0.2) is 59.6 Å². The number of benzene rings is 2. The van der Waals surface area contributed by atoms with E-state index in [1.807, 2.05) is 25.1 Å². The second kappa shape index (κ2) is 7.71. The summed E-state index contributed by atoms with van der Waals surface area (Å²) in [6.07, 6.45) is 1.51. The van der Waals surface area contributed by atoms with Crippen molar-refractivity contribution in [2.75, 3.05) is 10.0 Å². The second-order valence-electron chi connectivity index (χ2n) is 6.55. The van der Waals surface area contributed by atoms with Crippen molar-refractivity contribution in [1.29, 1.82) is 5.26 Å². The van der Waals surface area contributed by atoms with E-state index in [4.69, 9.17) is 5.26 Å². The minimum atomic E-state index is -3.75. The summed E-state index contributed by atoms with van der Waals surface area (Å²) in [7, 11) is -3.75. The molecule has 3 aromatic rings. The fraction of sp³-hybridized carbons (Fsp3) is 0.143. The highest BCUT2D eigenvalue weighted by Gasteiger charge is 2.20. The first-order chi connectivity index (χ1) is 13.3. The van der Waals surface area contributed by atoms with E-state index >= 15 is 0 Å². The van der Waals surface area contributed by atoms with E-state index < -0.39 is 10.0 Å². The summed E-state index contributed by atoms with van der Waals surface area (Å²) in [6.45, 7) is 5.49. The quantitative estimate of drug-likeness (QED) is 0.670. The Hall–Kier alpha value is -3.37. The number of aromatic nitrogens is 1. The topological polar surface area (TPSA) is 94.9 Å². The molecule has 0 unspecified atom stereocenters. The number of sulfonamides is 1. The minimum absolute atomic E-state index is 0.221. The summed E-state index contributed by atoms with van der Waals surface area (Å²) in [6, 6.07) is 16.2. The molecule has 2 aromatic carbocycles. The minimum Gasteiger partial charge on any atom is -0.353 e. The van der Waals surface area contributed by atoms with E-state index in [-0.39, 0.29) is 10.7 Å². The second-order valence-corrected chi connectivity index (χ2v) is 8.17. The van der Waals surface area contributed by atoms with Gasteiger partial charge >= 0.3 is 0 Å². The lowest BCUT2D eigenvalue weighted by atomic mass is 10.1. The third kappa shape index (κ3) is 4.13. The van der Waals surface area contributed by atoms with Crippen LogP contribution in [0.5, 0.6) is 0 Å². The van der Waals surface area contributed by atoms with Crippen LogP contribution < -0.4 is 10.0 Å². The molecule has 7 heteroatoms. The molecule has 0 radical (unpaired) electrons. The van der Waals surface area contributed by atoms with E-state index in [2.05, 4.69) is 21.1 Å². The molecule has 142 valence electrons. The Bertz CT molecular complexity index is 1140. The van der Waals surface area contributed by atoms with E-state index in [1.165, 1.54) is 6.20 Å². The van der Waals surface area contributed by atoms with Gasteiger partial charge in [-0.3, -0.25) is 4.72 Å². The van der Waals surface area contributed by atoms with E-state index in [0.29, 0.717) is 28.1 Å². The van der Waals surface area contributed by atoms with Gasteiger partial charge in [-0.1, -0.05) is 29.8 Å². The largest absolute Gasteiger partial charge is 0.353 e. The predicted molar refractivity (Wildman–Crippen MR) is 110 cm³/mol. The number of hydrogen-bond acceptors (Lipinski definition) is 5. The van der Waals surface area contributed by atoms with Gasteiger partial charge in [0.1, 0.15) is 11.9 Å². The number of anilines is 3. The van der Waals surface area contributed by atoms with Crippen molar-refractivity contribution in [3.8, 4) is 6.07 Å². The molecule has 0 saturated heterocycles. The highest BCUT2D eigenvalue weighted by Crippen LogP contribution is 2.25. The van der Waals surface area contributed by atoms with Crippen LogP contribution in [0.1, 0.15) is 22.3 Å². The zero-order chi connectivity index (χ0) is 20.3. The van der Waals surface area contributed by atoms with Gasteiger partial charge in [0.15, 0.2) is 0 Å². The van der Waals surface area contributed by atoms with Crippen molar-refractivity contribution in [1.82, 2.24) is 4.98 Å². The monoisotopic (exact) mass is 392 g/mol. The van der Waals surface area contributed by atoms with Crippen LogP contribution in [-0.2, 0) is 10.0 Å². The normalized spacial score (nSPS) is 10.9. The van der Waals surface area contributed by atoms with Crippen molar-refractivity contribution < 1.29 is 8.42 Å². The van der Waals surface area contributed by atoms with Gasteiger partial charge in [0.2, 0.25) is 0 Å². The molecular formula is C21H20N4O2S. The van der Waals surface area contributed by atoms with Crippen LogP contribution >= 0.6 is 0 Å². The van der Waals surface area contributed by atoms with Gasteiger partial charge in [-0.25, -0.2) is 13.4 Å². The van der Waals surface area contributed by atoms with Crippen LogP contribution in [0.2, 0.25) is 0 Å². The van der Waals surface area contributed by atoms with Crippen molar-refractivity contribution in [2.45, 2.75) is 25.7 Å². The van der Waals surface area contributed by atoms with Crippen LogP contribution in [-0.4, -0.2) is 13.4 Å². The summed E-state index contributed by atoms with van der Waals surface area (Å²) >= 11 is 0. The zero-order valence-corrected chi connectivity index (χ0v) is 16.6. The lowest BCUT2D eigenvalue weighted by Gasteiger charge is -2.14. The molecule has 0 spiro atoms. The maximum atomic E-state index is 12.8. The van der Waals surface area contributed by atoms with E-state index in [0.717, 1.165) is 5.56 Å². The van der Waals surface area contributed by atoms with Crippen molar-refractivity contribution >= 4 is 27.2 Å². The number of nitrogens with one attached hydrogen (secondary N) is 2. The first-order valence-electron chi connectivity index (χ1n) is 8.63. The molecule has 1 aromatic heterocycles. The zero-order valence-electron chi connectivity index (χ0n) is 15.8. The maximum absolute atomic E-state index is 12.8. The van der Waals surface area contributed by atoms with Gasteiger partial charge in [-0.2, -0.15) is 5.26 Å². The number of pyridine rings is 1. The number of para-hydroxylation sites is 1. The number of aryl methyl sites for hydroxylation is 3. The lowest BCUT2D eigenvalue weighted by Crippen LogP contribution is -2.16. The lowest BCUT2D eigenvalue weighted by molar-refractivity contribution is 0.600. The smallest absolute Gasteiger partial charge is 0.263 e. The molecule has 0 aliphatic carbocycles. The third-order valence-corrected chi connectivity index (χ3v) is 5.86. The third-order valence-electron chi connectivity index (χ3n) is 4.20. The molecule has 0 bridgehead atoms. The molecule has 28 heavy (non-hydrogen) atoms. The molecule has 2 N–H and O–H groups in total. The van der Waals surface area contributed by atoms with Crippen molar-refractivity contribution in [3.63, 3.8) is 0 Å². The fourth-order valence-electron chi connectivity index (χ4n) is 3.15. The Morgan fingerprint density at radius 2 is 1.68 bits per heavy atom. The summed E-state index contributed by atoms with van der Waals surface area (Å²) < 4.78 is 28.2. The van der Waals surface area contributed by atoms with Crippen LogP contribution in [0.4, 0.5) is 17.2 Å². The fourth-order valence-corrected chi connectivity index (χ4v) is 4.62. The molecule has 0 fully saturated rings. The van der Waals surface area contributed by atoms with Crippen molar-refractivity contribution in [2.24, 2.45) is 0 Å². The standard InChI is InChI=1S/C21H20N4O2S/c1-14-10-15(2)21(16(3)11-14)28(26,27)25-20-9-8-18(13-23-20)24-19-7-5-4-6-17(19)12-22/h4-11,13,24H,1-3H3,(H,23,25). The number of nitrogens with zero attached hydrogens (tertiary/aromatic N) is 2. The van der Waals surface area contributed by atoms with E-state index in [1.54, 1.807) is 44.2 Å². The molecule has 1 heterocycles. The average molecular weight is 392 g/mol. The molecule has 0 aliphatic rings. The highest BCUT2D eigenvalue weighted by molar-refractivity contribution is 7.92. The van der Waals surface area contributed by atoms with Gasteiger partial charge in [0.25, 0.3) is 10.0 Å². The Balaban J connectivity index is 1.82. The van der Waals surface area contributed by atoms with Gasteiger partial charge in [-0.15, -0.1) is 0 Å². The average Bonchev–Trinajstić information content (AvgIpc) is 2.62. The van der Waals surface area contributed by atoms with Gasteiger partial charge in [0, 0.05) is 0 Å². The van der Waals surface area contributed by atoms with Crippen LogP contribution in [0, 0.1) is 32.1 Å². The molecule has 0 saturated carbocycles. The van der Waals surface area contributed by atoms with Gasteiger partial charge < -0.3 is 5.32 Å². The van der Waals surface area contributed by atoms with Gasteiger partial charge in [-0.05, 0) is 56.2 Å². The molecule has 6 nitrogen and oxygen atoms in total. The van der Waals surface area contributed by atoms with E-state index in [9.17, 15) is 8.42 Å². The van der Waals surface area contributed by atoms with Crippen LogP contribution in [0.3, 0.4) is 0 Å². The molecule has 0 amide bonds. The SMILES string of the molecule is Cc1cc(C)c(S(=O)(=O)Nc2ccc(Nc3ccccc3C#N)cn2)c(C)c1. The summed E-state index contributed by atoms with van der Waals surface area (Å²) in [5.74, 6) is 0.221. The number of rotatable bonds is 5. The Labute approximate surface area is 164 Å². The molecule has 0 atom stereocenters.